The predicted octanol–water partition coefficient (Wildman–Crippen LogP) is 3.80. The second kappa shape index (κ2) is 8.03. The Kier molecular flexibility index (Phi) is 5.55. The van der Waals surface area contributed by atoms with Gasteiger partial charge in [-0.15, -0.1) is 0 Å². The van der Waals surface area contributed by atoms with Gasteiger partial charge in [-0.2, -0.15) is 5.26 Å². The molecule has 26 heavy (non-hydrogen) atoms. The molecule has 5 nitrogen and oxygen atoms in total. The fourth-order valence-corrected chi connectivity index (χ4v) is 3.19. The van der Waals surface area contributed by atoms with Crippen LogP contribution in [0.25, 0.3) is 6.08 Å². The van der Waals surface area contributed by atoms with Crippen LogP contribution in [-0.2, 0) is 16.1 Å². The number of aromatic nitrogens is 1. The van der Waals surface area contributed by atoms with Crippen LogP contribution >= 0.6 is 0 Å². The van der Waals surface area contributed by atoms with Gasteiger partial charge in [0.15, 0.2) is 0 Å². The number of hydrogen-bond acceptors (Lipinski definition) is 4. The van der Waals surface area contributed by atoms with E-state index in [1.807, 2.05) is 32.0 Å². The van der Waals surface area contributed by atoms with Crippen LogP contribution in [-0.4, -0.2) is 23.2 Å². The Labute approximate surface area is 153 Å². The van der Waals surface area contributed by atoms with E-state index in [9.17, 15) is 10.1 Å². The molecule has 1 aliphatic heterocycles. The van der Waals surface area contributed by atoms with Crippen molar-refractivity contribution in [2.45, 2.75) is 39.3 Å². The summed E-state index contributed by atoms with van der Waals surface area (Å²) in [5, 5.41) is 9.39. The van der Waals surface area contributed by atoms with Crippen molar-refractivity contribution in [3.05, 3.63) is 58.9 Å². The highest BCUT2D eigenvalue weighted by molar-refractivity contribution is 5.99. The number of nitriles is 1. The summed E-state index contributed by atoms with van der Waals surface area (Å²) in [6, 6.07) is 12.7. The Morgan fingerprint density at radius 1 is 1.38 bits per heavy atom. The molecular weight excluding hydrogens is 328 g/mol. The average molecular weight is 350 g/mol. The Bertz CT molecular complexity index is 853. The molecule has 3 rings (SSSR count). The van der Waals surface area contributed by atoms with Crippen molar-refractivity contribution >= 4 is 12.0 Å². The van der Waals surface area contributed by atoms with Gasteiger partial charge in [0.2, 0.25) is 0 Å². The van der Waals surface area contributed by atoms with Crippen LogP contribution in [0.3, 0.4) is 0 Å². The molecule has 1 saturated heterocycles. The van der Waals surface area contributed by atoms with Crippen molar-refractivity contribution in [1.29, 1.82) is 5.26 Å². The van der Waals surface area contributed by atoms with E-state index >= 15 is 0 Å². The fourth-order valence-electron chi connectivity index (χ4n) is 3.19. The van der Waals surface area contributed by atoms with Crippen molar-refractivity contribution in [2.75, 3.05) is 6.61 Å². The molecule has 2 aromatic rings. The van der Waals surface area contributed by atoms with Crippen LogP contribution < -0.4 is 4.74 Å². The lowest BCUT2D eigenvalue weighted by Crippen LogP contribution is -2.16. The molecule has 1 aliphatic rings. The number of hydrogen-bond donors (Lipinski definition) is 0. The minimum Gasteiger partial charge on any atom is -0.422 e. The molecule has 1 aromatic heterocycles. The highest BCUT2D eigenvalue weighted by atomic mass is 16.5. The van der Waals surface area contributed by atoms with Gasteiger partial charge in [-0.1, -0.05) is 18.2 Å². The molecule has 1 fully saturated rings. The Hall–Kier alpha value is -2.84. The summed E-state index contributed by atoms with van der Waals surface area (Å²) in [4.78, 5) is 12.3. The molecule has 1 aromatic carbocycles. The van der Waals surface area contributed by atoms with Crippen LogP contribution in [0.2, 0.25) is 0 Å². The molecule has 0 radical (unpaired) electrons. The first-order chi connectivity index (χ1) is 12.6. The third kappa shape index (κ3) is 4.04. The zero-order chi connectivity index (χ0) is 18.5. The lowest BCUT2D eigenvalue weighted by atomic mass is 10.1. The lowest BCUT2D eigenvalue weighted by molar-refractivity contribution is -0.129. The third-order valence-electron chi connectivity index (χ3n) is 4.62. The summed E-state index contributed by atoms with van der Waals surface area (Å²) in [5.74, 6) is -0.231. The van der Waals surface area contributed by atoms with Gasteiger partial charge >= 0.3 is 5.97 Å². The van der Waals surface area contributed by atoms with E-state index < -0.39 is 5.97 Å². The van der Waals surface area contributed by atoms with Gasteiger partial charge in [0, 0.05) is 24.5 Å². The third-order valence-corrected chi connectivity index (χ3v) is 4.62. The molecule has 0 saturated carbocycles. The molecule has 0 amide bonds. The van der Waals surface area contributed by atoms with E-state index in [0.717, 1.165) is 42.9 Å². The topological polar surface area (TPSA) is 64.2 Å². The SMILES string of the molecule is Cc1cc(/C=C(\C#N)C(=O)Oc2ccccc2)c(C)n1C[C@@H]1CCCO1. The van der Waals surface area contributed by atoms with Crippen LogP contribution in [0.1, 0.15) is 29.8 Å². The van der Waals surface area contributed by atoms with Gasteiger partial charge < -0.3 is 14.0 Å². The Morgan fingerprint density at radius 3 is 2.81 bits per heavy atom. The normalized spacial score (nSPS) is 17.1. The van der Waals surface area contributed by atoms with E-state index in [2.05, 4.69) is 4.57 Å². The summed E-state index contributed by atoms with van der Waals surface area (Å²) >= 11 is 0. The van der Waals surface area contributed by atoms with E-state index in [-0.39, 0.29) is 11.7 Å². The van der Waals surface area contributed by atoms with Crippen molar-refractivity contribution in [2.24, 2.45) is 0 Å². The number of carbonyl (C=O) groups excluding carboxylic acids is 1. The number of benzene rings is 1. The van der Waals surface area contributed by atoms with Gasteiger partial charge in [-0.05, 0) is 56.5 Å². The summed E-state index contributed by atoms with van der Waals surface area (Å²) < 4.78 is 13.2. The number of para-hydroxylation sites is 1. The van der Waals surface area contributed by atoms with Crippen LogP contribution in [0, 0.1) is 25.2 Å². The summed E-state index contributed by atoms with van der Waals surface area (Å²) in [7, 11) is 0. The molecule has 2 heterocycles. The van der Waals surface area contributed by atoms with Crippen molar-refractivity contribution < 1.29 is 14.3 Å². The zero-order valence-electron chi connectivity index (χ0n) is 15.1. The van der Waals surface area contributed by atoms with Gasteiger partial charge in [0.1, 0.15) is 17.4 Å². The molecule has 0 N–H and O–H groups in total. The number of carbonyl (C=O) groups is 1. The fraction of sp³-hybridized carbons (Fsp3) is 0.333. The first kappa shape index (κ1) is 18.0. The van der Waals surface area contributed by atoms with E-state index in [1.165, 1.54) is 0 Å². The van der Waals surface area contributed by atoms with Crippen LogP contribution in [0.4, 0.5) is 0 Å². The highest BCUT2D eigenvalue weighted by Crippen LogP contribution is 2.22. The minimum absolute atomic E-state index is 0.0220. The van der Waals surface area contributed by atoms with E-state index in [4.69, 9.17) is 9.47 Å². The van der Waals surface area contributed by atoms with E-state index in [0.29, 0.717) is 5.75 Å². The summed E-state index contributed by atoms with van der Waals surface area (Å²) in [6.07, 6.45) is 3.99. The lowest BCUT2D eigenvalue weighted by Gasteiger charge is -2.14. The average Bonchev–Trinajstić information content (AvgIpc) is 3.24. The van der Waals surface area contributed by atoms with Crippen LogP contribution in [0.15, 0.2) is 42.0 Å². The number of aryl methyl sites for hydroxylation is 1. The first-order valence-corrected chi connectivity index (χ1v) is 8.76. The maximum atomic E-state index is 12.3. The predicted molar refractivity (Wildman–Crippen MR) is 98.5 cm³/mol. The van der Waals surface area contributed by atoms with Crippen molar-refractivity contribution in [1.82, 2.24) is 4.57 Å². The molecule has 1 atom stereocenters. The molecule has 0 bridgehead atoms. The highest BCUT2D eigenvalue weighted by Gasteiger charge is 2.19. The van der Waals surface area contributed by atoms with Gasteiger partial charge in [0.05, 0.1) is 6.10 Å². The number of rotatable bonds is 5. The number of ether oxygens (including phenoxy) is 2. The molecule has 0 spiro atoms. The van der Waals surface area contributed by atoms with Gasteiger partial charge in [-0.3, -0.25) is 0 Å². The minimum atomic E-state index is -0.650. The molecule has 134 valence electrons. The molecule has 0 aliphatic carbocycles. The second-order valence-electron chi connectivity index (χ2n) is 6.44. The Morgan fingerprint density at radius 2 is 2.15 bits per heavy atom. The van der Waals surface area contributed by atoms with Gasteiger partial charge in [-0.25, -0.2) is 4.79 Å². The first-order valence-electron chi connectivity index (χ1n) is 8.76. The number of nitrogens with zero attached hydrogens (tertiary/aromatic N) is 2. The summed E-state index contributed by atoms with van der Waals surface area (Å²) in [6.45, 7) is 5.63. The quantitative estimate of drug-likeness (QED) is 0.356. The number of esters is 1. The van der Waals surface area contributed by atoms with Crippen molar-refractivity contribution in [3.8, 4) is 11.8 Å². The van der Waals surface area contributed by atoms with Crippen molar-refractivity contribution in [3.63, 3.8) is 0 Å². The van der Waals surface area contributed by atoms with E-state index in [1.54, 1.807) is 30.3 Å². The zero-order valence-corrected chi connectivity index (χ0v) is 15.1. The monoisotopic (exact) mass is 350 g/mol. The molecule has 0 unspecified atom stereocenters. The molecular formula is C21H22N2O3. The van der Waals surface area contributed by atoms with Crippen LogP contribution in [0.5, 0.6) is 5.75 Å². The maximum Gasteiger partial charge on any atom is 0.354 e. The Balaban J connectivity index is 1.80. The van der Waals surface area contributed by atoms with Gasteiger partial charge in [0.25, 0.3) is 0 Å². The standard InChI is InChI=1S/C21H22N2O3/c1-15-11-17(16(2)23(15)14-20-9-6-10-25-20)12-18(13-22)21(24)26-19-7-4-3-5-8-19/h3-5,7-8,11-12,20H,6,9-10,14H2,1-2H3/b18-12+/t20-/m0/s1. The molecule has 5 heteroatoms. The smallest absolute Gasteiger partial charge is 0.354 e. The largest absolute Gasteiger partial charge is 0.422 e. The summed E-state index contributed by atoms with van der Waals surface area (Å²) in [5.41, 5.74) is 2.92. The maximum absolute atomic E-state index is 12.3. The second-order valence-corrected chi connectivity index (χ2v) is 6.44.